The van der Waals surface area contributed by atoms with E-state index in [4.69, 9.17) is 5.11 Å². The summed E-state index contributed by atoms with van der Waals surface area (Å²) in [6, 6.07) is 7.38. The molecule has 1 rings (SSSR count). The quantitative estimate of drug-likeness (QED) is 0.755. The molecule has 1 atom stereocenters. The van der Waals surface area contributed by atoms with E-state index in [0.29, 0.717) is 11.7 Å². The monoisotopic (exact) mass is 194 g/mol. The molecule has 0 spiro atoms. The average molecular weight is 194 g/mol. The molecule has 0 radical (unpaired) electrons. The molecule has 1 aromatic carbocycles. The van der Waals surface area contributed by atoms with Crippen LogP contribution in [0.5, 0.6) is 5.75 Å². The molecule has 0 saturated carbocycles. The molecule has 1 aromatic rings. The van der Waals surface area contributed by atoms with Gasteiger partial charge < -0.3 is 10.2 Å². The van der Waals surface area contributed by atoms with E-state index in [1.807, 2.05) is 18.2 Å². The van der Waals surface area contributed by atoms with Gasteiger partial charge in [0.2, 0.25) is 0 Å². The summed E-state index contributed by atoms with van der Waals surface area (Å²) in [5, 5.41) is 18.5. The lowest BCUT2D eigenvalue weighted by Crippen LogP contribution is -2.05. The number of hydrogen-bond donors (Lipinski definition) is 2. The van der Waals surface area contributed by atoms with Gasteiger partial charge in [-0.3, -0.25) is 0 Å². The third-order valence-corrected chi connectivity index (χ3v) is 2.65. The van der Waals surface area contributed by atoms with Gasteiger partial charge in [0, 0.05) is 6.61 Å². The molecular weight excluding hydrogens is 176 g/mol. The first-order valence-electron chi connectivity index (χ1n) is 5.15. The molecule has 0 aliphatic rings. The van der Waals surface area contributed by atoms with Crippen LogP contribution in [-0.2, 0) is 6.42 Å². The number of rotatable bonds is 5. The Balaban J connectivity index is 2.49. The van der Waals surface area contributed by atoms with Gasteiger partial charge in [-0.15, -0.1) is 0 Å². The number of para-hydroxylation sites is 1. The summed E-state index contributed by atoms with van der Waals surface area (Å²) in [5.74, 6) is 0.717. The summed E-state index contributed by atoms with van der Waals surface area (Å²) in [4.78, 5) is 0. The van der Waals surface area contributed by atoms with Crippen molar-refractivity contribution in [3.63, 3.8) is 0 Å². The van der Waals surface area contributed by atoms with Gasteiger partial charge in [-0.25, -0.2) is 0 Å². The highest BCUT2D eigenvalue weighted by molar-refractivity contribution is 5.31. The van der Waals surface area contributed by atoms with E-state index in [-0.39, 0.29) is 6.61 Å². The maximum absolute atomic E-state index is 9.51. The maximum atomic E-state index is 9.51. The molecule has 0 amide bonds. The van der Waals surface area contributed by atoms with Gasteiger partial charge >= 0.3 is 0 Å². The van der Waals surface area contributed by atoms with Crippen LogP contribution in [-0.4, -0.2) is 16.8 Å². The lowest BCUT2D eigenvalue weighted by atomic mass is 9.98. The summed E-state index contributed by atoms with van der Waals surface area (Å²) >= 11 is 0. The summed E-state index contributed by atoms with van der Waals surface area (Å²) < 4.78 is 0. The van der Waals surface area contributed by atoms with Gasteiger partial charge in [-0.2, -0.15) is 0 Å². The zero-order valence-electron chi connectivity index (χ0n) is 8.61. The SMILES string of the molecule is CCC(CO)CCc1ccccc1O. The van der Waals surface area contributed by atoms with Crippen molar-refractivity contribution in [1.29, 1.82) is 0 Å². The van der Waals surface area contributed by atoms with E-state index < -0.39 is 0 Å². The zero-order chi connectivity index (χ0) is 10.4. The number of benzene rings is 1. The molecule has 0 heterocycles. The van der Waals surface area contributed by atoms with Crippen LogP contribution in [0, 0.1) is 5.92 Å². The van der Waals surface area contributed by atoms with Gasteiger partial charge in [0.15, 0.2) is 0 Å². The second kappa shape index (κ2) is 5.66. The Kier molecular flexibility index (Phi) is 4.47. The Morgan fingerprint density at radius 2 is 2.00 bits per heavy atom. The van der Waals surface area contributed by atoms with E-state index in [1.165, 1.54) is 0 Å². The molecule has 2 N–H and O–H groups in total. The first-order chi connectivity index (χ1) is 6.77. The van der Waals surface area contributed by atoms with Gasteiger partial charge in [-0.05, 0) is 30.4 Å². The third-order valence-electron chi connectivity index (χ3n) is 2.65. The normalized spacial score (nSPS) is 12.7. The number of phenols is 1. The van der Waals surface area contributed by atoms with Gasteiger partial charge in [0.1, 0.15) is 5.75 Å². The molecule has 0 saturated heterocycles. The molecule has 2 nitrogen and oxygen atoms in total. The van der Waals surface area contributed by atoms with Crippen molar-refractivity contribution in [2.75, 3.05) is 6.61 Å². The predicted molar refractivity (Wildman–Crippen MR) is 57.3 cm³/mol. The van der Waals surface area contributed by atoms with E-state index in [2.05, 4.69) is 6.92 Å². The summed E-state index contributed by atoms with van der Waals surface area (Å²) in [5.41, 5.74) is 0.972. The molecule has 0 bridgehead atoms. The van der Waals surface area contributed by atoms with Crippen molar-refractivity contribution in [1.82, 2.24) is 0 Å². The van der Waals surface area contributed by atoms with Crippen LogP contribution in [0.25, 0.3) is 0 Å². The highest BCUT2D eigenvalue weighted by atomic mass is 16.3. The van der Waals surface area contributed by atoms with Crippen molar-refractivity contribution < 1.29 is 10.2 Å². The van der Waals surface area contributed by atoms with Gasteiger partial charge in [0.25, 0.3) is 0 Å². The fraction of sp³-hybridized carbons (Fsp3) is 0.500. The molecule has 0 aliphatic carbocycles. The highest BCUT2D eigenvalue weighted by Crippen LogP contribution is 2.20. The molecule has 78 valence electrons. The predicted octanol–water partition coefficient (Wildman–Crippen LogP) is 2.34. The minimum absolute atomic E-state index is 0.240. The smallest absolute Gasteiger partial charge is 0.118 e. The average Bonchev–Trinajstić information content (AvgIpc) is 2.22. The van der Waals surface area contributed by atoms with Crippen LogP contribution < -0.4 is 0 Å². The van der Waals surface area contributed by atoms with Crippen molar-refractivity contribution in [2.24, 2.45) is 5.92 Å². The van der Waals surface area contributed by atoms with Crippen LogP contribution in [0.2, 0.25) is 0 Å². The Labute approximate surface area is 85.2 Å². The fourth-order valence-corrected chi connectivity index (χ4v) is 1.51. The van der Waals surface area contributed by atoms with Crippen LogP contribution >= 0.6 is 0 Å². The second-order valence-corrected chi connectivity index (χ2v) is 3.62. The van der Waals surface area contributed by atoms with Crippen LogP contribution in [0.15, 0.2) is 24.3 Å². The molecule has 0 aromatic heterocycles. The minimum Gasteiger partial charge on any atom is -0.508 e. The first kappa shape index (κ1) is 11.1. The number of aliphatic hydroxyl groups is 1. The molecule has 1 unspecified atom stereocenters. The largest absolute Gasteiger partial charge is 0.508 e. The number of phenolic OH excluding ortho intramolecular Hbond substituents is 1. The third kappa shape index (κ3) is 3.04. The summed E-state index contributed by atoms with van der Waals surface area (Å²) in [6.45, 7) is 2.32. The molecule has 14 heavy (non-hydrogen) atoms. The van der Waals surface area contributed by atoms with Gasteiger partial charge in [-0.1, -0.05) is 31.5 Å². The summed E-state index contributed by atoms with van der Waals surface area (Å²) in [7, 11) is 0. The number of hydrogen-bond acceptors (Lipinski definition) is 2. The molecule has 0 fully saturated rings. The maximum Gasteiger partial charge on any atom is 0.118 e. The lowest BCUT2D eigenvalue weighted by molar-refractivity contribution is 0.215. The van der Waals surface area contributed by atoms with E-state index in [9.17, 15) is 5.11 Å². The van der Waals surface area contributed by atoms with Gasteiger partial charge in [0.05, 0.1) is 0 Å². The van der Waals surface area contributed by atoms with Crippen LogP contribution in [0.3, 0.4) is 0 Å². The van der Waals surface area contributed by atoms with E-state index >= 15 is 0 Å². The van der Waals surface area contributed by atoms with Crippen molar-refractivity contribution >= 4 is 0 Å². The Morgan fingerprint density at radius 3 is 2.57 bits per heavy atom. The minimum atomic E-state index is 0.240. The van der Waals surface area contributed by atoms with Crippen LogP contribution in [0.1, 0.15) is 25.3 Å². The second-order valence-electron chi connectivity index (χ2n) is 3.62. The number of aromatic hydroxyl groups is 1. The van der Waals surface area contributed by atoms with E-state index in [1.54, 1.807) is 6.07 Å². The summed E-state index contributed by atoms with van der Waals surface area (Å²) in [6.07, 6.45) is 2.76. The first-order valence-corrected chi connectivity index (χ1v) is 5.15. The van der Waals surface area contributed by atoms with E-state index in [0.717, 1.165) is 24.8 Å². The zero-order valence-corrected chi connectivity index (χ0v) is 8.61. The van der Waals surface area contributed by atoms with Crippen LogP contribution in [0.4, 0.5) is 0 Å². The molecule has 2 heteroatoms. The standard InChI is InChI=1S/C12H18O2/c1-2-10(9-13)7-8-11-5-3-4-6-12(11)14/h3-6,10,13-14H,2,7-9H2,1H3. The van der Waals surface area contributed by atoms with Crippen molar-refractivity contribution in [3.05, 3.63) is 29.8 Å². The van der Waals surface area contributed by atoms with Crippen molar-refractivity contribution in [2.45, 2.75) is 26.2 Å². The number of aryl methyl sites for hydroxylation is 1. The van der Waals surface area contributed by atoms with Crippen molar-refractivity contribution in [3.8, 4) is 5.75 Å². The number of aliphatic hydroxyl groups excluding tert-OH is 1. The molecule has 0 aliphatic heterocycles. The highest BCUT2D eigenvalue weighted by Gasteiger charge is 2.06. The fourth-order valence-electron chi connectivity index (χ4n) is 1.51. The molecular formula is C12H18O2. The topological polar surface area (TPSA) is 40.5 Å². The lowest BCUT2D eigenvalue weighted by Gasteiger charge is -2.11. The Morgan fingerprint density at radius 1 is 1.29 bits per heavy atom. The Bertz CT molecular complexity index is 267. The Hall–Kier alpha value is -1.02.